The van der Waals surface area contributed by atoms with E-state index in [1.165, 1.54) is 6.26 Å². The molecule has 8 heteroatoms. The minimum atomic E-state index is -0.749. The van der Waals surface area contributed by atoms with Gasteiger partial charge in [0.1, 0.15) is 5.58 Å². The molecule has 0 bridgehead atoms. The van der Waals surface area contributed by atoms with Gasteiger partial charge in [-0.3, -0.25) is 9.59 Å². The zero-order valence-corrected chi connectivity index (χ0v) is 18.9. The van der Waals surface area contributed by atoms with E-state index in [0.717, 1.165) is 11.1 Å². The first-order valence-electron chi connectivity index (χ1n) is 11.1. The normalized spacial score (nSPS) is 17.8. The molecular weight excluding hydrogens is 438 g/mol. The predicted molar refractivity (Wildman–Crippen MR) is 125 cm³/mol. The number of hydrogen-bond donors (Lipinski definition) is 2. The van der Waals surface area contributed by atoms with Crippen LogP contribution in [0.15, 0.2) is 75.8 Å². The van der Waals surface area contributed by atoms with E-state index in [9.17, 15) is 14.7 Å². The second kappa shape index (κ2) is 11.1. The summed E-state index contributed by atoms with van der Waals surface area (Å²) in [6.45, 7) is 0.894. The van der Waals surface area contributed by atoms with Crippen LogP contribution in [0.4, 0.5) is 0 Å². The fraction of sp³-hybridized carbons (Fsp3) is 0.308. The predicted octanol–water partition coefficient (Wildman–Crippen LogP) is 2.98. The summed E-state index contributed by atoms with van der Waals surface area (Å²) in [4.78, 5) is 25.8. The van der Waals surface area contributed by atoms with Gasteiger partial charge < -0.3 is 29.1 Å². The number of hydrogen-bond acceptors (Lipinski definition) is 7. The Hall–Kier alpha value is -3.46. The van der Waals surface area contributed by atoms with E-state index in [2.05, 4.69) is 5.32 Å². The van der Waals surface area contributed by atoms with Crippen molar-refractivity contribution in [1.82, 2.24) is 5.32 Å². The van der Waals surface area contributed by atoms with Gasteiger partial charge in [0.25, 0.3) is 5.91 Å². The van der Waals surface area contributed by atoms with Gasteiger partial charge in [-0.1, -0.05) is 36.4 Å². The van der Waals surface area contributed by atoms with E-state index in [1.807, 2.05) is 24.3 Å². The number of aliphatic hydroxyl groups is 1. The molecule has 4 rings (SSSR count). The molecule has 0 unspecified atom stereocenters. The van der Waals surface area contributed by atoms with Gasteiger partial charge in [0.15, 0.2) is 11.2 Å². The van der Waals surface area contributed by atoms with Crippen LogP contribution >= 0.6 is 0 Å². The second-order valence-electron chi connectivity index (χ2n) is 7.97. The Balaban J connectivity index is 1.57. The van der Waals surface area contributed by atoms with E-state index >= 15 is 0 Å². The fourth-order valence-corrected chi connectivity index (χ4v) is 3.77. The molecule has 0 fully saturated rings. The number of nitrogens with one attached hydrogen (secondary N) is 1. The average molecular weight is 466 g/mol. The van der Waals surface area contributed by atoms with Gasteiger partial charge in [-0.05, 0) is 29.3 Å². The minimum absolute atomic E-state index is 0.0325. The van der Waals surface area contributed by atoms with Crippen LogP contribution in [0.3, 0.4) is 0 Å². The summed E-state index contributed by atoms with van der Waals surface area (Å²) >= 11 is 0. The number of carbonyl (C=O) groups excluding carboxylic acids is 1. The lowest BCUT2D eigenvalue weighted by Crippen LogP contribution is -2.34. The van der Waals surface area contributed by atoms with E-state index in [-0.39, 0.29) is 24.4 Å². The van der Waals surface area contributed by atoms with Crippen LogP contribution in [-0.2, 0) is 32.2 Å². The van der Waals surface area contributed by atoms with E-state index < -0.39 is 18.1 Å². The zero-order chi connectivity index (χ0) is 23.9. The number of aliphatic hydroxyl groups excluding tert-OH is 1. The Labute approximate surface area is 196 Å². The second-order valence-corrected chi connectivity index (χ2v) is 7.97. The number of carbonyl (C=O) groups is 1. The van der Waals surface area contributed by atoms with Crippen molar-refractivity contribution in [2.75, 3.05) is 20.3 Å². The van der Waals surface area contributed by atoms with Crippen molar-refractivity contribution in [3.8, 4) is 0 Å². The fourth-order valence-electron chi connectivity index (χ4n) is 3.77. The van der Waals surface area contributed by atoms with Gasteiger partial charge in [0, 0.05) is 31.6 Å². The maximum atomic E-state index is 13.2. The van der Waals surface area contributed by atoms with E-state index in [0.29, 0.717) is 36.1 Å². The molecule has 0 aliphatic carbocycles. The summed E-state index contributed by atoms with van der Waals surface area (Å²) in [6.07, 6.45) is 2.68. The molecule has 178 valence electrons. The standard InChI is InChI=1S/C26H27NO7/c1-31-11-10-27-26(30)23-12-19(21-16-32-22-5-3-2-4-20(22)25(21)29)13-24(34-23)33-15-18-8-6-17(14-28)7-9-18/h2-9,12,16,19,24,28H,10-11,13-15H2,1H3,(H,27,30)/t19-,24+/m1/s1. The van der Waals surface area contributed by atoms with Crippen LogP contribution < -0.4 is 10.7 Å². The number of benzene rings is 2. The van der Waals surface area contributed by atoms with Crippen molar-refractivity contribution in [1.29, 1.82) is 0 Å². The van der Waals surface area contributed by atoms with E-state index in [1.54, 1.807) is 37.5 Å². The average Bonchev–Trinajstić information content (AvgIpc) is 2.88. The quantitative estimate of drug-likeness (QED) is 0.468. The number of fused-ring (bicyclic) bond motifs is 1. The van der Waals surface area contributed by atoms with Crippen molar-refractivity contribution in [3.05, 3.63) is 93.5 Å². The third kappa shape index (κ3) is 5.53. The first-order chi connectivity index (χ1) is 16.6. The SMILES string of the molecule is COCCNC(=O)C1=C[C@@H](c2coc3ccccc3c2=O)C[C@@H](OCc2ccc(CO)cc2)O1. The summed E-state index contributed by atoms with van der Waals surface area (Å²) in [5.74, 6) is -0.757. The smallest absolute Gasteiger partial charge is 0.286 e. The molecule has 2 atom stereocenters. The lowest BCUT2D eigenvalue weighted by atomic mass is 9.93. The van der Waals surface area contributed by atoms with Crippen LogP contribution in [0.5, 0.6) is 0 Å². The highest BCUT2D eigenvalue weighted by Crippen LogP contribution is 2.31. The molecule has 2 heterocycles. The molecule has 1 aromatic heterocycles. The Morgan fingerprint density at radius 2 is 1.91 bits per heavy atom. The molecule has 0 radical (unpaired) electrons. The summed E-state index contributed by atoms with van der Waals surface area (Å²) in [6, 6.07) is 14.4. The van der Waals surface area contributed by atoms with Crippen molar-refractivity contribution >= 4 is 16.9 Å². The van der Waals surface area contributed by atoms with Gasteiger partial charge in [0.2, 0.25) is 6.29 Å². The van der Waals surface area contributed by atoms with Crippen LogP contribution in [0.2, 0.25) is 0 Å². The Kier molecular flexibility index (Phi) is 7.74. The summed E-state index contributed by atoms with van der Waals surface area (Å²) in [7, 11) is 1.55. The van der Waals surface area contributed by atoms with Gasteiger partial charge >= 0.3 is 0 Å². The molecule has 0 saturated carbocycles. The molecule has 2 aromatic carbocycles. The van der Waals surface area contributed by atoms with Gasteiger partial charge in [-0.25, -0.2) is 0 Å². The molecule has 8 nitrogen and oxygen atoms in total. The maximum absolute atomic E-state index is 13.2. The largest absolute Gasteiger partial charge is 0.464 e. The van der Waals surface area contributed by atoms with Crippen molar-refractivity contribution in [2.45, 2.75) is 31.8 Å². The van der Waals surface area contributed by atoms with Crippen LogP contribution in [0, 0.1) is 0 Å². The summed E-state index contributed by atoms with van der Waals surface area (Å²) < 4.78 is 22.5. The zero-order valence-electron chi connectivity index (χ0n) is 18.9. The molecular formula is C26H27NO7. The van der Waals surface area contributed by atoms with Crippen LogP contribution in [0.1, 0.15) is 29.0 Å². The topological polar surface area (TPSA) is 107 Å². The Morgan fingerprint density at radius 1 is 1.15 bits per heavy atom. The van der Waals surface area contributed by atoms with Gasteiger partial charge in [-0.2, -0.15) is 0 Å². The number of amides is 1. The molecule has 0 saturated heterocycles. The molecule has 1 aliphatic heterocycles. The van der Waals surface area contributed by atoms with E-state index in [4.69, 9.17) is 18.6 Å². The van der Waals surface area contributed by atoms with Crippen molar-refractivity contribution in [3.63, 3.8) is 0 Å². The molecule has 1 aliphatic rings. The summed E-state index contributed by atoms with van der Waals surface area (Å²) in [5, 5.41) is 12.4. The van der Waals surface area contributed by atoms with Gasteiger partial charge in [0.05, 0.1) is 31.5 Å². The Bertz CT molecular complexity index is 1220. The molecule has 34 heavy (non-hydrogen) atoms. The number of ether oxygens (including phenoxy) is 3. The summed E-state index contributed by atoms with van der Waals surface area (Å²) in [5.41, 5.74) is 2.48. The van der Waals surface area contributed by atoms with Crippen LogP contribution in [0.25, 0.3) is 11.0 Å². The maximum Gasteiger partial charge on any atom is 0.286 e. The highest BCUT2D eigenvalue weighted by Gasteiger charge is 2.30. The molecule has 0 spiro atoms. The Morgan fingerprint density at radius 3 is 2.68 bits per heavy atom. The third-order valence-electron chi connectivity index (χ3n) is 5.62. The highest BCUT2D eigenvalue weighted by molar-refractivity contribution is 5.91. The monoisotopic (exact) mass is 465 g/mol. The van der Waals surface area contributed by atoms with Crippen LogP contribution in [-0.4, -0.2) is 37.6 Å². The number of allylic oxidation sites excluding steroid dienone is 1. The number of methoxy groups -OCH3 is 1. The van der Waals surface area contributed by atoms with Crippen molar-refractivity contribution < 1.29 is 28.5 Å². The molecule has 3 aromatic rings. The lowest BCUT2D eigenvalue weighted by molar-refractivity contribution is -0.150. The molecule has 1 amide bonds. The molecule has 2 N–H and O–H groups in total. The minimum Gasteiger partial charge on any atom is -0.464 e. The number of rotatable bonds is 9. The van der Waals surface area contributed by atoms with Gasteiger partial charge in [-0.15, -0.1) is 0 Å². The first-order valence-corrected chi connectivity index (χ1v) is 11.1. The number of para-hydroxylation sites is 1. The third-order valence-corrected chi connectivity index (χ3v) is 5.62. The lowest BCUT2D eigenvalue weighted by Gasteiger charge is -2.29. The first kappa shape index (κ1) is 23.7. The highest BCUT2D eigenvalue weighted by atomic mass is 16.7. The van der Waals surface area contributed by atoms with Crippen molar-refractivity contribution in [2.24, 2.45) is 0 Å².